The van der Waals surface area contributed by atoms with E-state index in [1.807, 2.05) is 0 Å². The van der Waals surface area contributed by atoms with Crippen molar-refractivity contribution in [2.45, 2.75) is 19.5 Å². The fourth-order valence-electron chi connectivity index (χ4n) is 1.32. The van der Waals surface area contributed by atoms with Gasteiger partial charge in [0.2, 0.25) is 0 Å². The van der Waals surface area contributed by atoms with Crippen molar-refractivity contribution >= 4 is 5.78 Å². The van der Waals surface area contributed by atoms with Gasteiger partial charge in [-0.2, -0.15) is 13.2 Å². The van der Waals surface area contributed by atoms with Crippen molar-refractivity contribution in [2.75, 3.05) is 13.2 Å². The summed E-state index contributed by atoms with van der Waals surface area (Å²) in [6.07, 6.45) is -4.33. The first-order valence-corrected chi connectivity index (χ1v) is 5.23. The molecule has 0 radical (unpaired) electrons. The van der Waals surface area contributed by atoms with Crippen LogP contribution in [0.5, 0.6) is 0 Å². The van der Waals surface area contributed by atoms with Gasteiger partial charge in [-0.3, -0.25) is 4.79 Å². The first-order valence-electron chi connectivity index (χ1n) is 5.23. The third-order valence-corrected chi connectivity index (χ3v) is 2.19. The Kier molecular flexibility index (Phi) is 4.69. The summed E-state index contributed by atoms with van der Waals surface area (Å²) >= 11 is 0. The van der Waals surface area contributed by atoms with Gasteiger partial charge < -0.3 is 4.74 Å². The van der Waals surface area contributed by atoms with Crippen LogP contribution < -0.4 is 0 Å². The van der Waals surface area contributed by atoms with E-state index in [0.29, 0.717) is 6.61 Å². The summed E-state index contributed by atoms with van der Waals surface area (Å²) in [5, 5.41) is 0. The lowest BCUT2D eigenvalue weighted by Gasteiger charge is -2.08. The van der Waals surface area contributed by atoms with Crippen molar-refractivity contribution < 1.29 is 22.7 Å². The van der Waals surface area contributed by atoms with Crippen LogP contribution in [0.1, 0.15) is 29.3 Å². The van der Waals surface area contributed by atoms with Gasteiger partial charge in [0.05, 0.1) is 12.2 Å². The standard InChI is InChI=1S/C12H13F3O2/c1-2-17-7-6-11(16)9-4-3-5-10(8-9)12(13,14)15/h3-5,8H,2,6-7H2,1H3. The Labute approximate surface area is 97.4 Å². The maximum Gasteiger partial charge on any atom is 0.416 e. The molecule has 17 heavy (non-hydrogen) atoms. The molecule has 0 aliphatic rings. The molecule has 0 saturated heterocycles. The third-order valence-electron chi connectivity index (χ3n) is 2.19. The van der Waals surface area contributed by atoms with Gasteiger partial charge in [-0.1, -0.05) is 12.1 Å². The van der Waals surface area contributed by atoms with Gasteiger partial charge in [0.25, 0.3) is 0 Å². The molecule has 1 aromatic carbocycles. The summed E-state index contributed by atoms with van der Waals surface area (Å²) < 4.78 is 42.2. The fraction of sp³-hybridized carbons (Fsp3) is 0.417. The van der Waals surface area contributed by atoms with E-state index in [9.17, 15) is 18.0 Å². The molecule has 5 heteroatoms. The number of hydrogen-bond acceptors (Lipinski definition) is 2. The second kappa shape index (κ2) is 5.82. The minimum atomic E-state index is -4.42. The molecule has 0 aliphatic heterocycles. The van der Waals surface area contributed by atoms with Gasteiger partial charge in [-0.05, 0) is 19.1 Å². The first-order chi connectivity index (χ1) is 7.95. The zero-order chi connectivity index (χ0) is 12.9. The van der Waals surface area contributed by atoms with E-state index in [-0.39, 0.29) is 24.4 Å². The smallest absolute Gasteiger partial charge is 0.381 e. The van der Waals surface area contributed by atoms with Crippen LogP contribution in [0, 0.1) is 0 Å². The number of hydrogen-bond donors (Lipinski definition) is 0. The molecule has 0 heterocycles. The van der Waals surface area contributed by atoms with Gasteiger partial charge in [0.15, 0.2) is 5.78 Å². The quantitative estimate of drug-likeness (QED) is 0.588. The van der Waals surface area contributed by atoms with E-state index in [0.717, 1.165) is 12.1 Å². The summed E-state index contributed by atoms with van der Waals surface area (Å²) in [4.78, 5) is 11.6. The topological polar surface area (TPSA) is 26.3 Å². The van der Waals surface area contributed by atoms with Crippen molar-refractivity contribution in [3.63, 3.8) is 0 Å². The van der Waals surface area contributed by atoms with Crippen LogP contribution in [0.25, 0.3) is 0 Å². The lowest BCUT2D eigenvalue weighted by Crippen LogP contribution is -2.09. The molecule has 0 fully saturated rings. The highest BCUT2D eigenvalue weighted by Gasteiger charge is 2.30. The average Bonchev–Trinajstić information content (AvgIpc) is 2.28. The Bertz CT molecular complexity index is 386. The molecule has 1 rings (SSSR count). The Balaban J connectivity index is 2.74. The van der Waals surface area contributed by atoms with E-state index in [1.165, 1.54) is 12.1 Å². The molecule has 0 aliphatic carbocycles. The monoisotopic (exact) mass is 246 g/mol. The minimum Gasteiger partial charge on any atom is -0.381 e. The number of alkyl halides is 3. The Morgan fingerprint density at radius 2 is 2.06 bits per heavy atom. The highest BCUT2D eigenvalue weighted by molar-refractivity contribution is 5.96. The van der Waals surface area contributed by atoms with Crippen molar-refractivity contribution in [1.29, 1.82) is 0 Å². The second-order valence-corrected chi connectivity index (χ2v) is 3.45. The van der Waals surface area contributed by atoms with E-state index in [1.54, 1.807) is 6.92 Å². The number of carbonyl (C=O) groups is 1. The van der Waals surface area contributed by atoms with Crippen LogP contribution in [0.15, 0.2) is 24.3 Å². The number of ether oxygens (including phenoxy) is 1. The molecular formula is C12H13F3O2. The Morgan fingerprint density at radius 1 is 1.35 bits per heavy atom. The molecule has 0 amide bonds. The number of rotatable bonds is 5. The van der Waals surface area contributed by atoms with E-state index in [4.69, 9.17) is 4.74 Å². The third kappa shape index (κ3) is 4.19. The molecule has 0 atom stereocenters. The van der Waals surface area contributed by atoms with Crippen LogP contribution in [-0.2, 0) is 10.9 Å². The van der Waals surface area contributed by atoms with E-state index >= 15 is 0 Å². The van der Waals surface area contributed by atoms with E-state index < -0.39 is 11.7 Å². The summed E-state index contributed by atoms with van der Waals surface area (Å²) in [6, 6.07) is 4.42. The van der Waals surface area contributed by atoms with Gasteiger partial charge in [0, 0.05) is 18.6 Å². The van der Waals surface area contributed by atoms with Crippen LogP contribution in [-0.4, -0.2) is 19.0 Å². The largest absolute Gasteiger partial charge is 0.416 e. The summed E-state index contributed by atoms with van der Waals surface area (Å²) in [6.45, 7) is 2.50. The Hall–Kier alpha value is -1.36. The molecule has 94 valence electrons. The van der Waals surface area contributed by atoms with Crippen LogP contribution >= 0.6 is 0 Å². The molecule has 2 nitrogen and oxygen atoms in total. The highest BCUT2D eigenvalue weighted by atomic mass is 19.4. The minimum absolute atomic E-state index is 0.0690. The van der Waals surface area contributed by atoms with Gasteiger partial charge in [-0.25, -0.2) is 0 Å². The van der Waals surface area contributed by atoms with Crippen LogP contribution in [0.4, 0.5) is 13.2 Å². The summed E-state index contributed by atoms with van der Waals surface area (Å²) in [7, 11) is 0. The van der Waals surface area contributed by atoms with Gasteiger partial charge in [-0.15, -0.1) is 0 Å². The first kappa shape index (κ1) is 13.7. The van der Waals surface area contributed by atoms with Crippen LogP contribution in [0.2, 0.25) is 0 Å². The lowest BCUT2D eigenvalue weighted by atomic mass is 10.1. The zero-order valence-electron chi connectivity index (χ0n) is 9.38. The Morgan fingerprint density at radius 3 is 2.65 bits per heavy atom. The normalized spacial score (nSPS) is 11.5. The van der Waals surface area contributed by atoms with Crippen molar-refractivity contribution in [1.82, 2.24) is 0 Å². The zero-order valence-corrected chi connectivity index (χ0v) is 9.38. The lowest BCUT2D eigenvalue weighted by molar-refractivity contribution is -0.137. The molecule has 0 saturated carbocycles. The molecule has 0 bridgehead atoms. The number of Topliss-reactive ketones (excluding diaryl/α,β-unsaturated/α-hetero) is 1. The van der Waals surface area contributed by atoms with Gasteiger partial charge >= 0.3 is 6.18 Å². The molecule has 0 aromatic heterocycles. The number of halogens is 3. The number of ketones is 1. The summed E-state index contributed by atoms with van der Waals surface area (Å²) in [5.41, 5.74) is -0.737. The van der Waals surface area contributed by atoms with Crippen molar-refractivity contribution in [3.05, 3.63) is 35.4 Å². The predicted molar refractivity (Wildman–Crippen MR) is 56.9 cm³/mol. The van der Waals surface area contributed by atoms with Crippen LogP contribution in [0.3, 0.4) is 0 Å². The molecule has 0 N–H and O–H groups in total. The van der Waals surface area contributed by atoms with Crippen molar-refractivity contribution in [2.24, 2.45) is 0 Å². The maximum atomic E-state index is 12.4. The van der Waals surface area contributed by atoms with E-state index in [2.05, 4.69) is 0 Å². The number of benzene rings is 1. The SMILES string of the molecule is CCOCCC(=O)c1cccc(C(F)(F)F)c1. The maximum absolute atomic E-state index is 12.4. The van der Waals surface area contributed by atoms with Gasteiger partial charge in [0.1, 0.15) is 0 Å². The predicted octanol–water partition coefficient (Wildman–Crippen LogP) is 3.31. The molecule has 0 spiro atoms. The molecule has 1 aromatic rings. The molecule has 0 unspecified atom stereocenters. The van der Waals surface area contributed by atoms with Crippen molar-refractivity contribution in [3.8, 4) is 0 Å². The average molecular weight is 246 g/mol. The second-order valence-electron chi connectivity index (χ2n) is 3.45. The molecular weight excluding hydrogens is 233 g/mol. The fourth-order valence-corrected chi connectivity index (χ4v) is 1.32. The number of carbonyl (C=O) groups excluding carboxylic acids is 1. The highest BCUT2D eigenvalue weighted by Crippen LogP contribution is 2.29. The summed E-state index contributed by atoms with van der Waals surface area (Å²) in [5.74, 6) is -0.343.